The van der Waals surface area contributed by atoms with Crippen LogP contribution in [0.3, 0.4) is 0 Å². The van der Waals surface area contributed by atoms with Gasteiger partial charge < -0.3 is 9.32 Å². The van der Waals surface area contributed by atoms with Gasteiger partial charge in [0.15, 0.2) is 0 Å². The summed E-state index contributed by atoms with van der Waals surface area (Å²) in [6, 6.07) is 93.7. The molecule has 0 saturated carbocycles. The van der Waals surface area contributed by atoms with Crippen molar-refractivity contribution >= 4 is 49.8 Å². The Labute approximate surface area is 384 Å². The summed E-state index contributed by atoms with van der Waals surface area (Å²) >= 11 is 0. The van der Waals surface area contributed by atoms with Gasteiger partial charge in [-0.3, -0.25) is 0 Å². The minimum absolute atomic E-state index is 0.863. The van der Waals surface area contributed by atoms with Gasteiger partial charge in [0, 0.05) is 22.3 Å². The Balaban J connectivity index is 0.973. The maximum atomic E-state index is 6.79. The van der Waals surface area contributed by atoms with Crippen molar-refractivity contribution in [2.24, 2.45) is 0 Å². The molecule has 0 unspecified atom stereocenters. The lowest BCUT2D eigenvalue weighted by Crippen LogP contribution is -2.10. The first-order valence-electron chi connectivity index (χ1n) is 22.6. The first-order chi connectivity index (χ1) is 32.7. The fourth-order valence-electron chi connectivity index (χ4n) is 9.59. The molecule has 2 nitrogen and oxygen atoms in total. The predicted molar refractivity (Wildman–Crippen MR) is 279 cm³/mol. The summed E-state index contributed by atoms with van der Waals surface area (Å²) in [5.74, 6) is 0. The molecule has 0 amide bonds. The lowest BCUT2D eigenvalue weighted by Gasteiger charge is -2.27. The number of rotatable bonds is 9. The van der Waals surface area contributed by atoms with Gasteiger partial charge in [-0.15, -0.1) is 0 Å². The smallest absolute Gasteiger partial charge is 0.145 e. The number of para-hydroxylation sites is 1. The Morgan fingerprint density at radius 1 is 0.273 bits per heavy atom. The molecule has 310 valence electrons. The van der Waals surface area contributed by atoms with Gasteiger partial charge >= 0.3 is 0 Å². The maximum Gasteiger partial charge on any atom is 0.145 e. The number of benzene rings is 11. The van der Waals surface area contributed by atoms with Crippen molar-refractivity contribution in [3.05, 3.63) is 261 Å². The molecule has 0 fully saturated rings. The lowest BCUT2D eigenvalue weighted by molar-refractivity contribution is 0.670. The van der Waals surface area contributed by atoms with E-state index in [-0.39, 0.29) is 0 Å². The molecule has 0 aliphatic carbocycles. The first kappa shape index (κ1) is 38.9. The summed E-state index contributed by atoms with van der Waals surface area (Å²) in [5, 5.41) is 4.65. The second kappa shape index (κ2) is 16.8. The van der Waals surface area contributed by atoms with E-state index in [0.717, 1.165) is 61.3 Å². The van der Waals surface area contributed by atoms with Crippen LogP contribution in [0, 0.1) is 0 Å². The number of anilines is 3. The highest BCUT2D eigenvalue weighted by Gasteiger charge is 2.23. The molecular formula is C64H43NO. The Morgan fingerprint density at radius 2 is 0.742 bits per heavy atom. The van der Waals surface area contributed by atoms with E-state index in [1.165, 1.54) is 55.3 Å². The Morgan fingerprint density at radius 3 is 1.45 bits per heavy atom. The van der Waals surface area contributed by atoms with Crippen LogP contribution < -0.4 is 4.90 Å². The highest BCUT2D eigenvalue weighted by Crippen LogP contribution is 2.47. The summed E-state index contributed by atoms with van der Waals surface area (Å²) in [7, 11) is 0. The van der Waals surface area contributed by atoms with Crippen LogP contribution in [0.4, 0.5) is 17.1 Å². The van der Waals surface area contributed by atoms with Crippen molar-refractivity contribution < 1.29 is 4.42 Å². The third-order valence-corrected chi connectivity index (χ3v) is 12.9. The normalized spacial score (nSPS) is 11.3. The predicted octanol–water partition coefficient (Wildman–Crippen LogP) is 18.2. The van der Waals surface area contributed by atoms with Crippen LogP contribution in [-0.2, 0) is 0 Å². The fourth-order valence-corrected chi connectivity index (χ4v) is 9.59. The van der Waals surface area contributed by atoms with Crippen LogP contribution >= 0.6 is 0 Å². The van der Waals surface area contributed by atoms with Crippen LogP contribution in [-0.4, -0.2) is 0 Å². The molecule has 0 spiro atoms. The molecule has 66 heavy (non-hydrogen) atoms. The maximum absolute atomic E-state index is 6.79. The molecular weight excluding hydrogens is 799 g/mol. The van der Waals surface area contributed by atoms with E-state index < -0.39 is 0 Å². The number of nitrogens with zero attached hydrogens (tertiary/aromatic N) is 1. The van der Waals surface area contributed by atoms with E-state index in [4.69, 9.17) is 4.42 Å². The van der Waals surface area contributed by atoms with E-state index in [0.29, 0.717) is 0 Å². The average Bonchev–Trinajstić information content (AvgIpc) is 3.80. The SMILES string of the molecule is c1ccc(-c2cccc(-c3ccccc3-c3ccc(N(c4ccc(-c5cccc(-c6ccc7ccccc7c6)c5)cc4)c4ccc(-c5ccccc5)c5oc6ccccc6c45)cc3)c2)cc1. The van der Waals surface area contributed by atoms with Crippen LogP contribution in [0.25, 0.3) is 99.5 Å². The molecule has 12 rings (SSSR count). The van der Waals surface area contributed by atoms with Gasteiger partial charge in [0.05, 0.1) is 11.1 Å². The van der Waals surface area contributed by atoms with E-state index in [1.54, 1.807) is 0 Å². The summed E-state index contributed by atoms with van der Waals surface area (Å²) in [5.41, 5.74) is 18.9. The molecule has 0 atom stereocenters. The second-order valence-corrected chi connectivity index (χ2v) is 16.9. The van der Waals surface area contributed by atoms with E-state index in [1.807, 2.05) is 6.07 Å². The van der Waals surface area contributed by atoms with Gasteiger partial charge in [-0.2, -0.15) is 0 Å². The van der Waals surface area contributed by atoms with Crippen LogP contribution in [0.15, 0.2) is 265 Å². The summed E-state index contributed by atoms with van der Waals surface area (Å²) < 4.78 is 6.79. The Kier molecular flexibility index (Phi) is 9.89. The zero-order valence-corrected chi connectivity index (χ0v) is 36.2. The molecule has 0 bridgehead atoms. The zero-order valence-electron chi connectivity index (χ0n) is 36.2. The molecule has 11 aromatic carbocycles. The molecule has 0 aliphatic rings. The van der Waals surface area contributed by atoms with Crippen LogP contribution in [0.5, 0.6) is 0 Å². The minimum Gasteiger partial charge on any atom is -0.455 e. The summed E-state index contributed by atoms with van der Waals surface area (Å²) in [4.78, 5) is 2.38. The van der Waals surface area contributed by atoms with Crippen molar-refractivity contribution in [2.45, 2.75) is 0 Å². The lowest BCUT2D eigenvalue weighted by atomic mass is 9.92. The van der Waals surface area contributed by atoms with Gasteiger partial charge in [-0.05, 0) is 133 Å². The van der Waals surface area contributed by atoms with Gasteiger partial charge in [-0.25, -0.2) is 0 Å². The topological polar surface area (TPSA) is 16.4 Å². The Bertz CT molecular complexity index is 3680. The van der Waals surface area contributed by atoms with E-state index in [9.17, 15) is 0 Å². The quantitative estimate of drug-likeness (QED) is 0.144. The number of hydrogen-bond donors (Lipinski definition) is 0. The third kappa shape index (κ3) is 7.21. The van der Waals surface area contributed by atoms with Crippen molar-refractivity contribution in [1.29, 1.82) is 0 Å². The van der Waals surface area contributed by atoms with Crippen molar-refractivity contribution in [3.63, 3.8) is 0 Å². The summed E-state index contributed by atoms with van der Waals surface area (Å²) in [6.07, 6.45) is 0. The molecule has 0 saturated heterocycles. The molecule has 1 heterocycles. The highest BCUT2D eigenvalue weighted by molar-refractivity contribution is 6.17. The van der Waals surface area contributed by atoms with E-state index >= 15 is 0 Å². The average molecular weight is 842 g/mol. The molecule has 0 N–H and O–H groups in total. The number of furan rings is 1. The number of fused-ring (bicyclic) bond motifs is 4. The highest BCUT2D eigenvalue weighted by atomic mass is 16.3. The molecule has 1 aromatic heterocycles. The first-order valence-corrected chi connectivity index (χ1v) is 22.6. The molecule has 12 aromatic rings. The molecule has 0 aliphatic heterocycles. The second-order valence-electron chi connectivity index (χ2n) is 16.9. The van der Waals surface area contributed by atoms with Gasteiger partial charge in [0.1, 0.15) is 11.2 Å². The monoisotopic (exact) mass is 841 g/mol. The Hall–Kier alpha value is -8.72. The zero-order chi connectivity index (χ0) is 43.8. The molecule has 0 radical (unpaired) electrons. The van der Waals surface area contributed by atoms with Crippen molar-refractivity contribution in [3.8, 4) is 66.8 Å². The van der Waals surface area contributed by atoms with E-state index in [2.05, 4.69) is 260 Å². The van der Waals surface area contributed by atoms with Crippen LogP contribution in [0.2, 0.25) is 0 Å². The largest absolute Gasteiger partial charge is 0.455 e. The van der Waals surface area contributed by atoms with Crippen molar-refractivity contribution in [2.75, 3.05) is 4.90 Å². The number of hydrogen-bond acceptors (Lipinski definition) is 2. The van der Waals surface area contributed by atoms with Crippen LogP contribution in [0.1, 0.15) is 0 Å². The fraction of sp³-hybridized carbons (Fsp3) is 0. The third-order valence-electron chi connectivity index (χ3n) is 12.9. The minimum atomic E-state index is 0.863. The van der Waals surface area contributed by atoms with Gasteiger partial charge in [0.2, 0.25) is 0 Å². The molecule has 2 heteroatoms. The van der Waals surface area contributed by atoms with Gasteiger partial charge in [0.25, 0.3) is 0 Å². The summed E-state index contributed by atoms with van der Waals surface area (Å²) in [6.45, 7) is 0. The van der Waals surface area contributed by atoms with Gasteiger partial charge in [-0.1, -0.05) is 200 Å². The standard InChI is InChI=1S/C64H43NO/c1-3-15-44(16-4-1)51-22-14-24-54(43-51)58-26-10-9-25-57(58)48-33-37-56(38-34-48)65(61-40-39-59(47-18-5-2-6-19-47)64-63(61)60-27-11-12-28-62(60)66-64)55-35-31-46(32-36-55)50-21-13-23-52(41-50)53-30-29-45-17-7-8-20-49(45)42-53/h1-43H. The van der Waals surface area contributed by atoms with Crippen molar-refractivity contribution in [1.82, 2.24) is 0 Å².